The number of amides is 2. The highest BCUT2D eigenvalue weighted by Gasteiger charge is 2.12. The molecule has 14 heavy (non-hydrogen) atoms. The second kappa shape index (κ2) is 4.41. The van der Waals surface area contributed by atoms with Crippen molar-refractivity contribution in [1.29, 1.82) is 0 Å². The highest BCUT2D eigenvalue weighted by atomic mass is 16.2. The predicted molar refractivity (Wildman–Crippen MR) is 55.2 cm³/mol. The Labute approximate surface area is 82.5 Å². The Morgan fingerprint density at radius 2 is 2.07 bits per heavy atom. The van der Waals surface area contributed by atoms with Crippen molar-refractivity contribution in [1.82, 2.24) is 0 Å². The van der Waals surface area contributed by atoms with Crippen molar-refractivity contribution in [3.63, 3.8) is 0 Å². The SMILES string of the molecule is CNc1ccccc1N(C=O)C(C)=O. The number of anilines is 2. The van der Waals surface area contributed by atoms with E-state index < -0.39 is 0 Å². The van der Waals surface area contributed by atoms with E-state index in [1.807, 2.05) is 6.07 Å². The van der Waals surface area contributed by atoms with E-state index in [4.69, 9.17) is 0 Å². The van der Waals surface area contributed by atoms with Crippen molar-refractivity contribution >= 4 is 23.7 Å². The van der Waals surface area contributed by atoms with Gasteiger partial charge in [0, 0.05) is 14.0 Å². The van der Waals surface area contributed by atoms with Crippen LogP contribution in [0.25, 0.3) is 0 Å². The van der Waals surface area contributed by atoms with Crippen molar-refractivity contribution in [3.05, 3.63) is 24.3 Å². The highest BCUT2D eigenvalue weighted by Crippen LogP contribution is 2.23. The number of imide groups is 1. The lowest BCUT2D eigenvalue weighted by Crippen LogP contribution is -2.27. The van der Waals surface area contributed by atoms with Gasteiger partial charge in [0.1, 0.15) is 0 Å². The average molecular weight is 192 g/mol. The van der Waals surface area contributed by atoms with Crippen LogP contribution in [-0.4, -0.2) is 19.4 Å². The molecule has 0 spiro atoms. The molecule has 0 atom stereocenters. The molecule has 2 amide bonds. The first kappa shape index (κ1) is 10.2. The maximum absolute atomic E-state index is 11.1. The Balaban J connectivity index is 3.15. The second-order valence-corrected chi connectivity index (χ2v) is 2.76. The number of hydrogen-bond donors (Lipinski definition) is 1. The van der Waals surface area contributed by atoms with Crippen LogP contribution in [0.1, 0.15) is 6.92 Å². The fourth-order valence-electron chi connectivity index (χ4n) is 1.20. The molecule has 1 aromatic carbocycles. The number of para-hydroxylation sites is 2. The Hall–Kier alpha value is -1.84. The van der Waals surface area contributed by atoms with Crippen molar-refractivity contribution in [2.45, 2.75) is 6.92 Å². The van der Waals surface area contributed by atoms with Gasteiger partial charge in [-0.15, -0.1) is 0 Å². The van der Waals surface area contributed by atoms with Crippen molar-refractivity contribution in [2.75, 3.05) is 17.3 Å². The molecule has 0 unspecified atom stereocenters. The molecule has 0 radical (unpaired) electrons. The summed E-state index contributed by atoms with van der Waals surface area (Å²) in [5, 5.41) is 2.91. The summed E-state index contributed by atoms with van der Waals surface area (Å²) in [5.74, 6) is -0.303. The Morgan fingerprint density at radius 1 is 1.43 bits per heavy atom. The van der Waals surface area contributed by atoms with Crippen LogP contribution in [-0.2, 0) is 9.59 Å². The molecule has 0 aromatic heterocycles. The lowest BCUT2D eigenvalue weighted by atomic mass is 10.2. The summed E-state index contributed by atoms with van der Waals surface area (Å²) in [6.45, 7) is 1.35. The van der Waals surface area contributed by atoms with Gasteiger partial charge in [-0.2, -0.15) is 0 Å². The second-order valence-electron chi connectivity index (χ2n) is 2.76. The van der Waals surface area contributed by atoms with E-state index in [0.29, 0.717) is 12.1 Å². The van der Waals surface area contributed by atoms with Gasteiger partial charge in [0.15, 0.2) is 0 Å². The molecule has 0 bridgehead atoms. The van der Waals surface area contributed by atoms with Gasteiger partial charge in [0.25, 0.3) is 0 Å². The molecule has 1 N–H and O–H groups in total. The summed E-state index contributed by atoms with van der Waals surface area (Å²) in [5.41, 5.74) is 1.31. The van der Waals surface area contributed by atoms with Crippen LogP contribution in [0.15, 0.2) is 24.3 Å². The zero-order chi connectivity index (χ0) is 10.6. The molecule has 0 aliphatic rings. The Bertz CT molecular complexity index is 350. The van der Waals surface area contributed by atoms with E-state index in [1.54, 1.807) is 25.2 Å². The van der Waals surface area contributed by atoms with E-state index in [1.165, 1.54) is 6.92 Å². The zero-order valence-corrected chi connectivity index (χ0v) is 8.15. The maximum atomic E-state index is 11.1. The minimum absolute atomic E-state index is 0.303. The molecule has 0 aliphatic heterocycles. The predicted octanol–water partition coefficient (Wildman–Crippen LogP) is 1.24. The number of carbonyl (C=O) groups excluding carboxylic acids is 2. The molecule has 1 rings (SSSR count). The molecular weight excluding hydrogens is 180 g/mol. The number of nitrogens with one attached hydrogen (secondary N) is 1. The molecule has 1 aromatic rings. The van der Waals surface area contributed by atoms with E-state index in [0.717, 1.165) is 10.6 Å². The first-order valence-electron chi connectivity index (χ1n) is 4.22. The lowest BCUT2D eigenvalue weighted by molar-refractivity contribution is -0.120. The fraction of sp³-hybridized carbons (Fsp3) is 0.200. The van der Waals surface area contributed by atoms with Gasteiger partial charge in [-0.05, 0) is 12.1 Å². The van der Waals surface area contributed by atoms with Gasteiger partial charge in [-0.1, -0.05) is 12.1 Å². The van der Waals surface area contributed by atoms with Crippen LogP contribution in [0.3, 0.4) is 0 Å². The van der Waals surface area contributed by atoms with Crippen molar-refractivity contribution in [3.8, 4) is 0 Å². The fourth-order valence-corrected chi connectivity index (χ4v) is 1.20. The maximum Gasteiger partial charge on any atom is 0.230 e. The minimum atomic E-state index is -0.303. The normalized spacial score (nSPS) is 9.29. The van der Waals surface area contributed by atoms with Crippen LogP contribution in [0.2, 0.25) is 0 Å². The van der Waals surface area contributed by atoms with E-state index >= 15 is 0 Å². The van der Waals surface area contributed by atoms with Crippen LogP contribution in [0.5, 0.6) is 0 Å². The number of nitrogens with zero attached hydrogens (tertiary/aromatic N) is 1. The quantitative estimate of drug-likeness (QED) is 0.733. The van der Waals surface area contributed by atoms with Gasteiger partial charge < -0.3 is 5.32 Å². The topological polar surface area (TPSA) is 49.4 Å². The van der Waals surface area contributed by atoms with Crippen LogP contribution in [0.4, 0.5) is 11.4 Å². The molecule has 0 fully saturated rings. The summed E-state index contributed by atoms with van der Waals surface area (Å²) in [6, 6.07) is 7.12. The number of rotatable bonds is 3. The average Bonchev–Trinajstić information content (AvgIpc) is 2.19. The summed E-state index contributed by atoms with van der Waals surface area (Å²) >= 11 is 0. The zero-order valence-electron chi connectivity index (χ0n) is 8.15. The Kier molecular flexibility index (Phi) is 3.23. The molecule has 0 aliphatic carbocycles. The van der Waals surface area contributed by atoms with Crippen LogP contribution < -0.4 is 10.2 Å². The van der Waals surface area contributed by atoms with Gasteiger partial charge in [0.05, 0.1) is 11.4 Å². The molecule has 4 heteroatoms. The smallest absolute Gasteiger partial charge is 0.230 e. The van der Waals surface area contributed by atoms with Gasteiger partial charge in [0.2, 0.25) is 12.3 Å². The number of benzene rings is 1. The molecule has 4 nitrogen and oxygen atoms in total. The minimum Gasteiger partial charge on any atom is -0.386 e. The van der Waals surface area contributed by atoms with E-state index in [2.05, 4.69) is 5.32 Å². The summed E-state index contributed by atoms with van der Waals surface area (Å²) < 4.78 is 0. The summed E-state index contributed by atoms with van der Waals surface area (Å²) in [4.78, 5) is 22.9. The van der Waals surface area contributed by atoms with Gasteiger partial charge >= 0.3 is 0 Å². The number of hydrogen-bond acceptors (Lipinski definition) is 3. The standard InChI is InChI=1S/C10H12N2O2/c1-8(14)12(7-13)10-6-4-3-5-9(10)11-2/h3-7,11H,1-2H3. The highest BCUT2D eigenvalue weighted by molar-refractivity contribution is 6.08. The molecule has 74 valence electrons. The van der Waals surface area contributed by atoms with Gasteiger partial charge in [-0.25, -0.2) is 0 Å². The Morgan fingerprint density at radius 3 is 2.57 bits per heavy atom. The molecule has 0 saturated carbocycles. The van der Waals surface area contributed by atoms with Crippen LogP contribution in [0, 0.1) is 0 Å². The third kappa shape index (κ3) is 1.90. The third-order valence-electron chi connectivity index (χ3n) is 1.88. The first-order chi connectivity index (χ1) is 6.70. The number of carbonyl (C=O) groups is 2. The molecule has 0 saturated heterocycles. The summed E-state index contributed by atoms with van der Waals surface area (Å²) in [6.07, 6.45) is 0.512. The largest absolute Gasteiger partial charge is 0.386 e. The van der Waals surface area contributed by atoms with Crippen LogP contribution >= 0.6 is 0 Å². The van der Waals surface area contributed by atoms with E-state index in [9.17, 15) is 9.59 Å². The van der Waals surface area contributed by atoms with E-state index in [-0.39, 0.29) is 5.91 Å². The third-order valence-corrected chi connectivity index (χ3v) is 1.88. The lowest BCUT2D eigenvalue weighted by Gasteiger charge is -2.16. The first-order valence-corrected chi connectivity index (χ1v) is 4.22. The molecule has 0 heterocycles. The van der Waals surface area contributed by atoms with Crippen molar-refractivity contribution in [2.24, 2.45) is 0 Å². The van der Waals surface area contributed by atoms with Crippen molar-refractivity contribution < 1.29 is 9.59 Å². The molecular formula is C10H12N2O2. The van der Waals surface area contributed by atoms with Gasteiger partial charge in [-0.3, -0.25) is 14.5 Å². The monoisotopic (exact) mass is 192 g/mol. The summed E-state index contributed by atoms with van der Waals surface area (Å²) in [7, 11) is 1.74.